The van der Waals surface area contributed by atoms with Gasteiger partial charge in [-0.15, -0.1) is 0 Å². The fourth-order valence-electron chi connectivity index (χ4n) is 2.12. The van der Waals surface area contributed by atoms with Crippen LogP contribution in [-0.2, 0) is 17.6 Å². The van der Waals surface area contributed by atoms with Gasteiger partial charge in [0.1, 0.15) is 5.82 Å². The maximum absolute atomic E-state index is 10.6. The lowest BCUT2D eigenvalue weighted by molar-refractivity contribution is -0.131. The number of hydrogen-bond donors (Lipinski definition) is 1. The van der Waals surface area contributed by atoms with Gasteiger partial charge in [0.2, 0.25) is 0 Å². The highest BCUT2D eigenvalue weighted by atomic mass is 16.4. The van der Waals surface area contributed by atoms with Crippen LogP contribution in [0.3, 0.4) is 0 Å². The molecule has 0 aliphatic rings. The molecule has 5 nitrogen and oxygen atoms in total. The number of aryl methyl sites for hydroxylation is 3. The standard InChI is InChI=1S/C16H19N3O2/c1-4-14-17-15(5-2)19(18-14)13-8-6-12(11(3)10-13)7-9-16(20)21/h6-10H,4-5H2,1-3H3,(H,20,21). The number of hydrogen-bond acceptors (Lipinski definition) is 3. The van der Waals surface area contributed by atoms with Crippen LogP contribution in [0.1, 0.15) is 36.6 Å². The Hall–Kier alpha value is -2.43. The summed E-state index contributed by atoms with van der Waals surface area (Å²) in [7, 11) is 0. The van der Waals surface area contributed by atoms with Gasteiger partial charge >= 0.3 is 5.97 Å². The highest BCUT2D eigenvalue weighted by molar-refractivity contribution is 5.85. The zero-order valence-corrected chi connectivity index (χ0v) is 12.5. The summed E-state index contributed by atoms with van der Waals surface area (Å²) in [4.78, 5) is 15.1. The number of aliphatic carboxylic acids is 1. The van der Waals surface area contributed by atoms with Crippen molar-refractivity contribution >= 4 is 12.0 Å². The SMILES string of the molecule is CCc1nc(CC)n(-c2ccc(C=CC(=O)O)c(C)c2)n1. The molecule has 1 aromatic heterocycles. The first-order valence-corrected chi connectivity index (χ1v) is 7.02. The summed E-state index contributed by atoms with van der Waals surface area (Å²) in [6, 6.07) is 5.83. The van der Waals surface area contributed by atoms with E-state index in [-0.39, 0.29) is 0 Å². The van der Waals surface area contributed by atoms with Gasteiger partial charge in [-0.1, -0.05) is 19.9 Å². The molecule has 0 aliphatic carbocycles. The summed E-state index contributed by atoms with van der Waals surface area (Å²) in [6.07, 6.45) is 4.36. The van der Waals surface area contributed by atoms with Gasteiger partial charge in [-0.2, -0.15) is 5.10 Å². The molecule has 0 bridgehead atoms. The summed E-state index contributed by atoms with van der Waals surface area (Å²) in [5.74, 6) is 0.815. The third-order valence-corrected chi connectivity index (χ3v) is 3.25. The number of aromatic nitrogens is 3. The highest BCUT2D eigenvalue weighted by Gasteiger charge is 2.09. The molecule has 2 rings (SSSR count). The van der Waals surface area contributed by atoms with Crippen molar-refractivity contribution in [3.8, 4) is 5.69 Å². The first-order chi connectivity index (χ1) is 10.0. The molecular formula is C16H19N3O2. The van der Waals surface area contributed by atoms with Crippen LogP contribution in [0.15, 0.2) is 24.3 Å². The van der Waals surface area contributed by atoms with E-state index in [9.17, 15) is 4.79 Å². The van der Waals surface area contributed by atoms with Crippen LogP contribution in [0.25, 0.3) is 11.8 Å². The molecule has 2 aromatic rings. The smallest absolute Gasteiger partial charge is 0.328 e. The average Bonchev–Trinajstić information content (AvgIpc) is 2.89. The van der Waals surface area contributed by atoms with Crippen molar-refractivity contribution in [1.82, 2.24) is 14.8 Å². The van der Waals surface area contributed by atoms with Crippen molar-refractivity contribution in [3.05, 3.63) is 47.1 Å². The summed E-state index contributed by atoms with van der Waals surface area (Å²) in [5, 5.41) is 13.2. The quantitative estimate of drug-likeness (QED) is 0.858. The van der Waals surface area contributed by atoms with Crippen LogP contribution in [0.5, 0.6) is 0 Å². The second kappa shape index (κ2) is 6.35. The minimum Gasteiger partial charge on any atom is -0.478 e. The minimum absolute atomic E-state index is 0.804. The molecule has 21 heavy (non-hydrogen) atoms. The summed E-state index contributed by atoms with van der Waals surface area (Å²) in [6.45, 7) is 6.04. The Labute approximate surface area is 124 Å². The van der Waals surface area contributed by atoms with E-state index in [4.69, 9.17) is 5.11 Å². The van der Waals surface area contributed by atoms with E-state index >= 15 is 0 Å². The van der Waals surface area contributed by atoms with E-state index in [1.165, 1.54) is 0 Å². The van der Waals surface area contributed by atoms with Crippen LogP contribution in [0, 0.1) is 6.92 Å². The van der Waals surface area contributed by atoms with Crippen molar-refractivity contribution in [2.75, 3.05) is 0 Å². The van der Waals surface area contributed by atoms with Crippen molar-refractivity contribution in [3.63, 3.8) is 0 Å². The van der Waals surface area contributed by atoms with Crippen molar-refractivity contribution in [2.24, 2.45) is 0 Å². The van der Waals surface area contributed by atoms with Gasteiger partial charge in [0.15, 0.2) is 5.82 Å². The molecule has 1 aromatic carbocycles. The predicted molar refractivity (Wildman–Crippen MR) is 81.5 cm³/mol. The van der Waals surface area contributed by atoms with E-state index in [0.717, 1.165) is 47.4 Å². The first-order valence-electron chi connectivity index (χ1n) is 7.02. The molecule has 0 fully saturated rings. The van der Waals surface area contributed by atoms with E-state index < -0.39 is 5.97 Å². The molecule has 1 heterocycles. The first kappa shape index (κ1) is 15.0. The maximum Gasteiger partial charge on any atom is 0.328 e. The van der Waals surface area contributed by atoms with E-state index in [1.807, 2.05) is 36.7 Å². The van der Waals surface area contributed by atoms with Gasteiger partial charge in [-0.3, -0.25) is 0 Å². The van der Waals surface area contributed by atoms with E-state index in [0.29, 0.717) is 0 Å². The normalized spacial score (nSPS) is 11.2. The zero-order chi connectivity index (χ0) is 15.4. The van der Waals surface area contributed by atoms with Crippen molar-refractivity contribution in [2.45, 2.75) is 33.6 Å². The molecule has 0 amide bonds. The fraction of sp³-hybridized carbons (Fsp3) is 0.312. The lowest BCUT2D eigenvalue weighted by Crippen LogP contribution is -2.03. The summed E-state index contributed by atoms with van der Waals surface area (Å²) in [5.41, 5.74) is 2.83. The van der Waals surface area contributed by atoms with Crippen LogP contribution < -0.4 is 0 Å². The highest BCUT2D eigenvalue weighted by Crippen LogP contribution is 2.17. The maximum atomic E-state index is 10.6. The van der Waals surface area contributed by atoms with Crippen molar-refractivity contribution in [1.29, 1.82) is 0 Å². The lowest BCUT2D eigenvalue weighted by Gasteiger charge is -2.07. The van der Waals surface area contributed by atoms with Gasteiger partial charge in [0.25, 0.3) is 0 Å². The molecule has 1 N–H and O–H groups in total. The largest absolute Gasteiger partial charge is 0.478 e. The third-order valence-electron chi connectivity index (χ3n) is 3.25. The zero-order valence-electron chi connectivity index (χ0n) is 12.5. The predicted octanol–water partition coefficient (Wildman–Crippen LogP) is 2.80. The number of carboxylic acids is 1. The molecular weight excluding hydrogens is 266 g/mol. The topological polar surface area (TPSA) is 68.0 Å². The second-order valence-corrected chi connectivity index (χ2v) is 4.78. The second-order valence-electron chi connectivity index (χ2n) is 4.78. The number of benzene rings is 1. The number of rotatable bonds is 5. The van der Waals surface area contributed by atoms with Crippen LogP contribution in [-0.4, -0.2) is 25.8 Å². The summed E-state index contributed by atoms with van der Waals surface area (Å²) < 4.78 is 1.86. The van der Waals surface area contributed by atoms with Gasteiger partial charge in [0.05, 0.1) is 5.69 Å². The molecule has 0 atom stereocenters. The number of carbonyl (C=O) groups is 1. The van der Waals surface area contributed by atoms with Gasteiger partial charge in [0, 0.05) is 18.9 Å². The Bertz CT molecular complexity index is 687. The molecule has 0 radical (unpaired) electrons. The Kier molecular flexibility index (Phi) is 4.52. The van der Waals surface area contributed by atoms with Crippen LogP contribution in [0.2, 0.25) is 0 Å². The van der Waals surface area contributed by atoms with E-state index in [2.05, 4.69) is 17.0 Å². The van der Waals surface area contributed by atoms with Crippen LogP contribution >= 0.6 is 0 Å². The summed E-state index contributed by atoms with van der Waals surface area (Å²) >= 11 is 0. The molecule has 5 heteroatoms. The Balaban J connectivity index is 2.40. The average molecular weight is 285 g/mol. The molecule has 110 valence electrons. The van der Waals surface area contributed by atoms with E-state index in [1.54, 1.807) is 6.08 Å². The van der Waals surface area contributed by atoms with Gasteiger partial charge in [-0.05, 0) is 36.3 Å². The molecule has 0 saturated carbocycles. The van der Waals surface area contributed by atoms with Crippen molar-refractivity contribution < 1.29 is 9.90 Å². The lowest BCUT2D eigenvalue weighted by atomic mass is 10.1. The van der Waals surface area contributed by atoms with Gasteiger partial charge in [-0.25, -0.2) is 14.5 Å². The molecule has 0 unspecified atom stereocenters. The minimum atomic E-state index is -0.949. The Morgan fingerprint density at radius 3 is 2.67 bits per heavy atom. The third kappa shape index (κ3) is 3.37. The molecule has 0 saturated heterocycles. The van der Waals surface area contributed by atoms with Gasteiger partial charge < -0.3 is 5.11 Å². The monoisotopic (exact) mass is 285 g/mol. The molecule has 0 aliphatic heterocycles. The number of carboxylic acid groups (broad SMARTS) is 1. The number of nitrogens with zero attached hydrogens (tertiary/aromatic N) is 3. The van der Waals surface area contributed by atoms with Crippen LogP contribution in [0.4, 0.5) is 0 Å². The fourth-order valence-corrected chi connectivity index (χ4v) is 2.12. The Morgan fingerprint density at radius 1 is 1.33 bits per heavy atom. The Morgan fingerprint density at radius 2 is 2.10 bits per heavy atom. The molecule has 0 spiro atoms.